The van der Waals surface area contributed by atoms with Gasteiger partial charge in [0.1, 0.15) is 6.10 Å². The van der Waals surface area contributed by atoms with Gasteiger partial charge in [-0.3, -0.25) is 14.9 Å². The van der Waals surface area contributed by atoms with E-state index >= 15 is 0 Å². The first-order valence-corrected chi connectivity index (χ1v) is 10.1. The zero-order valence-corrected chi connectivity index (χ0v) is 16.4. The van der Waals surface area contributed by atoms with Gasteiger partial charge in [-0.2, -0.15) is 0 Å². The molecule has 0 radical (unpaired) electrons. The Morgan fingerprint density at radius 2 is 2.15 bits per heavy atom. The Labute approximate surface area is 162 Å². The van der Waals surface area contributed by atoms with Crippen LogP contribution in [0.15, 0.2) is 18.2 Å². The quantitative estimate of drug-likeness (QED) is 0.881. The number of thiazole rings is 1. The lowest BCUT2D eigenvalue weighted by Crippen LogP contribution is -2.35. The summed E-state index contributed by atoms with van der Waals surface area (Å²) in [6.45, 7) is 5.88. The number of carbonyl (C=O) groups excluding carboxylic acids is 2. The summed E-state index contributed by atoms with van der Waals surface area (Å²) in [6.07, 6.45) is 2.02. The zero-order chi connectivity index (χ0) is 19.0. The van der Waals surface area contributed by atoms with Crippen LogP contribution in [0.25, 0.3) is 0 Å². The van der Waals surface area contributed by atoms with E-state index < -0.39 is 0 Å². The molecule has 1 aromatic carbocycles. The number of benzene rings is 1. The molecule has 0 spiro atoms. The van der Waals surface area contributed by atoms with Gasteiger partial charge in [-0.25, -0.2) is 4.98 Å². The van der Waals surface area contributed by atoms with Gasteiger partial charge in [0.2, 0.25) is 0 Å². The molecule has 1 unspecified atom stereocenters. The number of nitrogens with zero attached hydrogens (tertiary/aromatic N) is 2. The first kappa shape index (κ1) is 18.1. The van der Waals surface area contributed by atoms with Crippen molar-refractivity contribution in [1.82, 2.24) is 9.88 Å². The van der Waals surface area contributed by atoms with Gasteiger partial charge in [0, 0.05) is 30.0 Å². The van der Waals surface area contributed by atoms with E-state index in [1.54, 1.807) is 0 Å². The normalized spacial score (nSPS) is 19.0. The summed E-state index contributed by atoms with van der Waals surface area (Å²) < 4.78 is 5.42. The maximum Gasteiger partial charge on any atom is 0.255 e. The number of carbonyl (C=O) groups is 2. The van der Waals surface area contributed by atoms with Gasteiger partial charge in [0.05, 0.1) is 12.2 Å². The molecule has 142 valence electrons. The summed E-state index contributed by atoms with van der Waals surface area (Å²) in [6, 6.07) is 5.83. The first-order valence-electron chi connectivity index (χ1n) is 9.29. The summed E-state index contributed by atoms with van der Waals surface area (Å²) in [5, 5.41) is 3.47. The van der Waals surface area contributed by atoms with E-state index in [0.29, 0.717) is 31.2 Å². The number of fused-ring (bicyclic) bond motifs is 1. The summed E-state index contributed by atoms with van der Waals surface area (Å²) >= 11 is 1.45. The highest BCUT2D eigenvalue weighted by atomic mass is 32.1. The maximum atomic E-state index is 12.9. The third-order valence-electron chi connectivity index (χ3n) is 5.22. The van der Waals surface area contributed by atoms with Crippen LogP contribution in [0.4, 0.5) is 5.13 Å². The van der Waals surface area contributed by atoms with E-state index in [-0.39, 0.29) is 17.9 Å². The van der Waals surface area contributed by atoms with E-state index in [1.165, 1.54) is 16.9 Å². The Kier molecular flexibility index (Phi) is 4.97. The Bertz CT molecular complexity index is 887. The molecule has 2 aromatic rings. The van der Waals surface area contributed by atoms with Crippen molar-refractivity contribution < 1.29 is 14.3 Å². The highest BCUT2D eigenvalue weighted by Gasteiger charge is 2.28. The summed E-state index contributed by atoms with van der Waals surface area (Å²) in [5.41, 5.74) is 4.00. The predicted octanol–water partition coefficient (Wildman–Crippen LogP) is 3.08. The van der Waals surface area contributed by atoms with E-state index in [2.05, 4.69) is 10.3 Å². The van der Waals surface area contributed by atoms with E-state index in [0.717, 1.165) is 34.5 Å². The molecule has 27 heavy (non-hydrogen) atoms. The lowest BCUT2D eigenvalue weighted by Gasteiger charge is -2.26. The van der Waals surface area contributed by atoms with E-state index in [9.17, 15) is 9.59 Å². The summed E-state index contributed by atoms with van der Waals surface area (Å²) in [7, 11) is 0. The molecule has 2 amide bonds. The number of aromatic nitrogens is 1. The third kappa shape index (κ3) is 3.75. The van der Waals surface area contributed by atoms with Crippen LogP contribution in [0.2, 0.25) is 0 Å². The highest BCUT2D eigenvalue weighted by Crippen LogP contribution is 2.29. The average molecular weight is 385 g/mol. The highest BCUT2D eigenvalue weighted by molar-refractivity contribution is 7.15. The fourth-order valence-electron chi connectivity index (χ4n) is 3.45. The number of amides is 2. The van der Waals surface area contributed by atoms with Gasteiger partial charge >= 0.3 is 0 Å². The molecule has 1 atom stereocenters. The van der Waals surface area contributed by atoms with Crippen molar-refractivity contribution >= 4 is 28.3 Å². The van der Waals surface area contributed by atoms with Gasteiger partial charge in [0.15, 0.2) is 5.13 Å². The van der Waals surface area contributed by atoms with Crippen LogP contribution in [0, 0.1) is 13.8 Å². The Balaban J connectivity index is 1.45. The van der Waals surface area contributed by atoms with Crippen molar-refractivity contribution in [3.63, 3.8) is 0 Å². The lowest BCUT2D eigenvalue weighted by molar-refractivity contribution is -0.124. The van der Waals surface area contributed by atoms with Crippen LogP contribution in [0.5, 0.6) is 0 Å². The molecule has 2 aliphatic heterocycles. The standard InChI is InChI=1S/C20H23N3O3S/c1-12-5-6-14(10-13(12)2)19(25)23-8-7-15-17(11-23)27-20(21-15)22-18(24)16-4-3-9-26-16/h5-6,10,16H,3-4,7-9,11H2,1-2H3,(H,21,22,24). The second-order valence-electron chi connectivity index (χ2n) is 7.16. The van der Waals surface area contributed by atoms with Crippen molar-refractivity contribution in [3.8, 4) is 0 Å². The molecule has 1 fully saturated rings. The van der Waals surface area contributed by atoms with Crippen molar-refractivity contribution in [3.05, 3.63) is 45.5 Å². The van der Waals surface area contributed by atoms with Crippen LogP contribution in [-0.2, 0) is 22.5 Å². The second kappa shape index (κ2) is 7.40. The molecule has 7 heteroatoms. The maximum absolute atomic E-state index is 12.9. The van der Waals surface area contributed by atoms with Crippen molar-refractivity contribution in [2.45, 2.75) is 45.8 Å². The van der Waals surface area contributed by atoms with Crippen molar-refractivity contribution in [2.24, 2.45) is 0 Å². The van der Waals surface area contributed by atoms with Gasteiger partial charge < -0.3 is 9.64 Å². The zero-order valence-electron chi connectivity index (χ0n) is 15.6. The third-order valence-corrected chi connectivity index (χ3v) is 6.22. The Morgan fingerprint density at radius 1 is 1.30 bits per heavy atom. The fourth-order valence-corrected chi connectivity index (χ4v) is 4.48. The molecule has 2 aliphatic rings. The summed E-state index contributed by atoms with van der Waals surface area (Å²) in [4.78, 5) is 32.5. The molecule has 0 saturated carbocycles. The molecule has 1 saturated heterocycles. The van der Waals surface area contributed by atoms with Crippen LogP contribution in [0.1, 0.15) is 44.9 Å². The number of aryl methyl sites for hydroxylation is 2. The smallest absolute Gasteiger partial charge is 0.255 e. The molecular weight excluding hydrogens is 362 g/mol. The minimum atomic E-state index is -0.367. The number of ether oxygens (including phenoxy) is 1. The topological polar surface area (TPSA) is 71.5 Å². The molecular formula is C20H23N3O3S. The van der Waals surface area contributed by atoms with Crippen LogP contribution in [-0.4, -0.2) is 41.0 Å². The number of hydrogen-bond acceptors (Lipinski definition) is 5. The Morgan fingerprint density at radius 3 is 2.89 bits per heavy atom. The first-order chi connectivity index (χ1) is 13.0. The van der Waals surface area contributed by atoms with Crippen molar-refractivity contribution in [1.29, 1.82) is 0 Å². The van der Waals surface area contributed by atoms with Gasteiger partial charge in [0.25, 0.3) is 11.8 Å². The Hall–Kier alpha value is -2.25. The lowest BCUT2D eigenvalue weighted by atomic mass is 10.0. The number of hydrogen-bond donors (Lipinski definition) is 1. The van der Waals surface area contributed by atoms with Gasteiger partial charge in [-0.05, 0) is 49.9 Å². The largest absolute Gasteiger partial charge is 0.368 e. The predicted molar refractivity (Wildman–Crippen MR) is 104 cm³/mol. The monoisotopic (exact) mass is 385 g/mol. The molecule has 6 nitrogen and oxygen atoms in total. The molecule has 4 rings (SSSR count). The molecule has 0 aliphatic carbocycles. The molecule has 3 heterocycles. The number of rotatable bonds is 3. The van der Waals surface area contributed by atoms with Crippen LogP contribution < -0.4 is 5.32 Å². The molecule has 0 bridgehead atoms. The van der Waals surface area contributed by atoms with E-state index in [1.807, 2.05) is 36.9 Å². The van der Waals surface area contributed by atoms with Crippen LogP contribution in [0.3, 0.4) is 0 Å². The summed E-state index contributed by atoms with van der Waals surface area (Å²) in [5.74, 6) is -0.0799. The van der Waals surface area contributed by atoms with Gasteiger partial charge in [-0.1, -0.05) is 17.4 Å². The number of nitrogens with one attached hydrogen (secondary N) is 1. The minimum Gasteiger partial charge on any atom is -0.368 e. The molecule has 1 aromatic heterocycles. The number of anilines is 1. The van der Waals surface area contributed by atoms with E-state index in [4.69, 9.17) is 4.74 Å². The fraction of sp³-hybridized carbons (Fsp3) is 0.450. The van der Waals surface area contributed by atoms with Crippen molar-refractivity contribution in [2.75, 3.05) is 18.5 Å². The van der Waals surface area contributed by atoms with Gasteiger partial charge in [-0.15, -0.1) is 0 Å². The SMILES string of the molecule is Cc1ccc(C(=O)N2CCc3nc(NC(=O)C4CCCO4)sc3C2)cc1C. The minimum absolute atomic E-state index is 0.0436. The average Bonchev–Trinajstić information content (AvgIpc) is 3.32. The second-order valence-corrected chi connectivity index (χ2v) is 8.24. The molecule has 1 N–H and O–H groups in total. The van der Waals surface area contributed by atoms with Crippen LogP contribution >= 0.6 is 11.3 Å².